The van der Waals surface area contributed by atoms with Gasteiger partial charge < -0.3 is 4.74 Å². The number of hydrogen-bond donors (Lipinski definition) is 0. The van der Waals surface area contributed by atoms with Crippen molar-refractivity contribution in [3.63, 3.8) is 0 Å². The van der Waals surface area contributed by atoms with Gasteiger partial charge in [0.1, 0.15) is 0 Å². The lowest BCUT2D eigenvalue weighted by atomic mass is 9.99. The summed E-state index contributed by atoms with van der Waals surface area (Å²) in [6.07, 6.45) is -2.64. The first kappa shape index (κ1) is 12.4. The van der Waals surface area contributed by atoms with Crippen LogP contribution in [-0.4, -0.2) is 13.1 Å². The summed E-state index contributed by atoms with van der Waals surface area (Å²) >= 11 is 0. The number of carbonyl (C=O) groups excluding carboxylic acids is 1. The van der Waals surface area contributed by atoms with Gasteiger partial charge in [0.25, 0.3) is 6.43 Å². The van der Waals surface area contributed by atoms with E-state index in [1.807, 2.05) is 0 Å². The molecule has 0 aliphatic carbocycles. The molecule has 1 rings (SSSR count). The predicted octanol–water partition coefficient (Wildman–Crippen LogP) is 3.44. The van der Waals surface area contributed by atoms with E-state index in [4.69, 9.17) is 0 Å². The fourth-order valence-electron chi connectivity index (χ4n) is 1.38. The molecule has 86 valence electrons. The molecule has 0 spiro atoms. The lowest BCUT2D eigenvalue weighted by Gasteiger charge is -2.10. The van der Waals surface area contributed by atoms with Gasteiger partial charge in [-0.1, -0.05) is 18.2 Å². The van der Waals surface area contributed by atoms with E-state index in [1.54, 1.807) is 6.92 Å². The van der Waals surface area contributed by atoms with Crippen LogP contribution in [-0.2, 0) is 4.74 Å². The van der Waals surface area contributed by atoms with Crippen LogP contribution >= 0.6 is 0 Å². The molecule has 1 aromatic carbocycles. The number of methoxy groups -OCH3 is 1. The Balaban J connectivity index is 3.28. The molecule has 1 aromatic rings. The summed E-state index contributed by atoms with van der Waals surface area (Å²) in [7, 11) is 1.21. The van der Waals surface area contributed by atoms with Crippen LogP contribution in [0, 0.1) is 0 Å². The average molecular weight is 226 g/mol. The van der Waals surface area contributed by atoms with Gasteiger partial charge in [0, 0.05) is 5.56 Å². The second kappa shape index (κ2) is 4.88. The van der Waals surface area contributed by atoms with E-state index >= 15 is 0 Å². The first-order chi connectivity index (χ1) is 7.47. The third-order valence-corrected chi connectivity index (χ3v) is 2.17. The minimum absolute atomic E-state index is 0.114. The van der Waals surface area contributed by atoms with Crippen LogP contribution in [0.25, 0.3) is 5.57 Å². The Bertz CT molecular complexity index is 425. The van der Waals surface area contributed by atoms with E-state index < -0.39 is 12.4 Å². The molecule has 0 amide bonds. The number of rotatable bonds is 3. The van der Waals surface area contributed by atoms with Crippen LogP contribution < -0.4 is 0 Å². The third kappa shape index (κ3) is 2.45. The van der Waals surface area contributed by atoms with Crippen molar-refractivity contribution >= 4 is 11.5 Å². The molecule has 0 heterocycles. The van der Waals surface area contributed by atoms with Crippen molar-refractivity contribution in [3.05, 3.63) is 41.5 Å². The van der Waals surface area contributed by atoms with Gasteiger partial charge in [-0.15, -0.1) is 0 Å². The fraction of sp³-hybridized carbons (Fsp3) is 0.250. The molecule has 0 atom stereocenters. The number of halogens is 2. The largest absolute Gasteiger partial charge is 0.465 e. The second-order valence-corrected chi connectivity index (χ2v) is 3.37. The van der Waals surface area contributed by atoms with Crippen molar-refractivity contribution < 1.29 is 18.3 Å². The third-order valence-electron chi connectivity index (χ3n) is 2.17. The summed E-state index contributed by atoms with van der Waals surface area (Å²) in [6.45, 7) is 5.25. The number of ether oxygens (including phenoxy) is 1. The Morgan fingerprint density at radius 2 is 2.06 bits per heavy atom. The molecule has 0 radical (unpaired) electrons. The molecular formula is C12H12F2O2. The van der Waals surface area contributed by atoms with Gasteiger partial charge >= 0.3 is 5.97 Å². The van der Waals surface area contributed by atoms with Crippen LogP contribution in [0.5, 0.6) is 0 Å². The van der Waals surface area contributed by atoms with Crippen LogP contribution in [0.3, 0.4) is 0 Å². The Labute approximate surface area is 92.5 Å². The maximum absolute atomic E-state index is 12.7. The van der Waals surface area contributed by atoms with Gasteiger partial charge in [-0.25, -0.2) is 13.6 Å². The molecule has 0 bridgehead atoms. The molecule has 0 N–H and O–H groups in total. The Morgan fingerprint density at radius 1 is 1.44 bits per heavy atom. The van der Waals surface area contributed by atoms with Gasteiger partial charge in [-0.3, -0.25) is 0 Å². The number of benzene rings is 1. The smallest absolute Gasteiger partial charge is 0.337 e. The summed E-state index contributed by atoms with van der Waals surface area (Å²) in [5, 5.41) is 0. The first-order valence-electron chi connectivity index (χ1n) is 4.63. The average Bonchev–Trinajstić information content (AvgIpc) is 2.26. The lowest BCUT2D eigenvalue weighted by Crippen LogP contribution is -2.03. The molecule has 2 nitrogen and oxygen atoms in total. The number of alkyl halides is 2. The summed E-state index contributed by atoms with van der Waals surface area (Å²) in [6, 6.07) is 4.04. The molecule has 0 aliphatic rings. The highest BCUT2D eigenvalue weighted by atomic mass is 19.3. The zero-order chi connectivity index (χ0) is 12.3. The van der Waals surface area contributed by atoms with E-state index in [1.165, 1.54) is 19.2 Å². The normalized spacial score (nSPS) is 10.3. The van der Waals surface area contributed by atoms with Gasteiger partial charge in [-0.2, -0.15) is 0 Å². The van der Waals surface area contributed by atoms with Crippen LogP contribution in [0.15, 0.2) is 24.8 Å². The first-order valence-corrected chi connectivity index (χ1v) is 4.63. The number of carbonyl (C=O) groups is 1. The maximum Gasteiger partial charge on any atom is 0.337 e. The van der Waals surface area contributed by atoms with Crippen molar-refractivity contribution in [2.45, 2.75) is 13.3 Å². The number of allylic oxidation sites excluding steroid dienone is 1. The molecule has 16 heavy (non-hydrogen) atoms. The van der Waals surface area contributed by atoms with Gasteiger partial charge in [0.05, 0.1) is 12.7 Å². The maximum atomic E-state index is 12.7. The molecule has 0 aromatic heterocycles. The van der Waals surface area contributed by atoms with E-state index in [0.29, 0.717) is 11.1 Å². The van der Waals surface area contributed by atoms with Crippen molar-refractivity contribution in [3.8, 4) is 0 Å². The summed E-state index contributed by atoms with van der Waals surface area (Å²) in [5.74, 6) is -0.629. The van der Waals surface area contributed by atoms with Crippen LogP contribution in [0.4, 0.5) is 8.78 Å². The highest BCUT2D eigenvalue weighted by molar-refractivity contribution is 5.90. The van der Waals surface area contributed by atoms with Crippen molar-refractivity contribution in [1.29, 1.82) is 0 Å². The molecule has 0 fully saturated rings. The highest BCUT2D eigenvalue weighted by Gasteiger charge is 2.16. The Hall–Kier alpha value is -1.71. The molecule has 0 saturated heterocycles. The molecule has 4 heteroatoms. The van der Waals surface area contributed by atoms with Gasteiger partial charge in [-0.05, 0) is 24.6 Å². The number of hydrogen-bond acceptors (Lipinski definition) is 2. The highest BCUT2D eigenvalue weighted by Crippen LogP contribution is 2.28. The fourth-order valence-corrected chi connectivity index (χ4v) is 1.38. The Morgan fingerprint density at radius 3 is 2.50 bits per heavy atom. The summed E-state index contributed by atoms with van der Waals surface area (Å²) in [5.41, 5.74) is 0.813. The second-order valence-electron chi connectivity index (χ2n) is 3.37. The molecule has 0 unspecified atom stereocenters. The standard InChI is InChI=1S/C12H12F2O2/c1-7(2)9-5-4-8(12(15)16-3)6-10(9)11(13)14/h4-6,11H,1H2,2-3H3. The van der Waals surface area contributed by atoms with Crippen LogP contribution in [0.2, 0.25) is 0 Å². The van der Waals surface area contributed by atoms with E-state index in [2.05, 4.69) is 11.3 Å². The minimum atomic E-state index is -2.64. The molecular weight excluding hydrogens is 214 g/mol. The predicted molar refractivity (Wildman–Crippen MR) is 57.4 cm³/mol. The van der Waals surface area contributed by atoms with E-state index in [-0.39, 0.29) is 11.1 Å². The summed E-state index contributed by atoms with van der Waals surface area (Å²) < 4.78 is 29.9. The quantitative estimate of drug-likeness (QED) is 0.738. The molecule has 0 aliphatic heterocycles. The van der Waals surface area contributed by atoms with Crippen molar-refractivity contribution in [2.24, 2.45) is 0 Å². The zero-order valence-electron chi connectivity index (χ0n) is 9.09. The monoisotopic (exact) mass is 226 g/mol. The van der Waals surface area contributed by atoms with Gasteiger partial charge in [0.15, 0.2) is 0 Å². The SMILES string of the molecule is C=C(C)c1ccc(C(=O)OC)cc1C(F)F. The molecule has 0 saturated carbocycles. The number of esters is 1. The summed E-state index contributed by atoms with van der Waals surface area (Å²) in [4.78, 5) is 11.2. The van der Waals surface area contributed by atoms with Gasteiger partial charge in [0.2, 0.25) is 0 Å². The van der Waals surface area contributed by atoms with Crippen LogP contribution in [0.1, 0.15) is 34.8 Å². The topological polar surface area (TPSA) is 26.3 Å². The van der Waals surface area contributed by atoms with Crippen molar-refractivity contribution in [2.75, 3.05) is 7.11 Å². The van der Waals surface area contributed by atoms with E-state index in [0.717, 1.165) is 6.07 Å². The van der Waals surface area contributed by atoms with E-state index in [9.17, 15) is 13.6 Å². The lowest BCUT2D eigenvalue weighted by molar-refractivity contribution is 0.0600. The minimum Gasteiger partial charge on any atom is -0.465 e. The van der Waals surface area contributed by atoms with Crippen molar-refractivity contribution in [1.82, 2.24) is 0 Å². The Kier molecular flexibility index (Phi) is 3.77. The zero-order valence-corrected chi connectivity index (χ0v) is 9.09.